The summed E-state index contributed by atoms with van der Waals surface area (Å²) in [5, 5.41) is 10.7. The Morgan fingerprint density at radius 1 is 1.35 bits per heavy atom. The van der Waals surface area contributed by atoms with Gasteiger partial charge in [0, 0.05) is 18.1 Å². The van der Waals surface area contributed by atoms with E-state index in [0.29, 0.717) is 35.9 Å². The fraction of sp³-hybridized carbons (Fsp3) is 0.333. The zero-order valence-corrected chi connectivity index (χ0v) is 14.8. The van der Waals surface area contributed by atoms with Crippen LogP contribution in [0.15, 0.2) is 36.9 Å². The zero-order chi connectivity index (χ0) is 18.1. The van der Waals surface area contributed by atoms with Crippen LogP contribution in [0.2, 0.25) is 5.02 Å². The molecule has 2 aromatic heterocycles. The quantitative estimate of drug-likeness (QED) is 0.732. The van der Waals surface area contributed by atoms with E-state index in [1.165, 1.54) is 6.33 Å². The molecular weight excluding hydrogens is 354 g/mol. The number of H-pyrrole nitrogens is 1. The molecule has 0 spiro atoms. The van der Waals surface area contributed by atoms with Gasteiger partial charge in [0.1, 0.15) is 11.8 Å². The predicted molar refractivity (Wildman–Crippen MR) is 98.4 cm³/mol. The van der Waals surface area contributed by atoms with Crippen molar-refractivity contribution in [1.29, 1.82) is 0 Å². The van der Waals surface area contributed by atoms with Gasteiger partial charge < -0.3 is 15.0 Å². The second kappa shape index (κ2) is 6.57. The van der Waals surface area contributed by atoms with E-state index in [9.17, 15) is 9.90 Å². The molecule has 134 valence electrons. The van der Waals surface area contributed by atoms with E-state index in [1.807, 2.05) is 23.1 Å². The van der Waals surface area contributed by atoms with Crippen LogP contribution in [0.25, 0.3) is 11.2 Å². The first kappa shape index (κ1) is 16.8. The number of nitrogens with one attached hydrogen (secondary N) is 1. The van der Waals surface area contributed by atoms with Gasteiger partial charge in [-0.1, -0.05) is 23.7 Å². The number of nitrogens with zero attached hydrogens (tertiary/aromatic N) is 4. The lowest BCUT2D eigenvalue weighted by atomic mass is 9.75. The molecule has 1 fully saturated rings. The minimum absolute atomic E-state index is 0.375. The van der Waals surface area contributed by atoms with Crippen LogP contribution >= 0.6 is 11.6 Å². The van der Waals surface area contributed by atoms with E-state index in [4.69, 9.17) is 11.6 Å². The minimum Gasteiger partial charge on any atom is -0.481 e. The Morgan fingerprint density at radius 2 is 2.23 bits per heavy atom. The third kappa shape index (κ3) is 2.99. The van der Waals surface area contributed by atoms with Gasteiger partial charge >= 0.3 is 5.97 Å². The lowest BCUT2D eigenvalue weighted by molar-refractivity contribution is -0.149. The van der Waals surface area contributed by atoms with Gasteiger partial charge in [-0.2, -0.15) is 0 Å². The molecule has 1 unspecified atom stereocenters. The average Bonchev–Trinajstić information content (AvgIpc) is 3.10. The molecule has 4 rings (SSSR count). The van der Waals surface area contributed by atoms with E-state index in [2.05, 4.69) is 19.9 Å². The number of anilines is 1. The smallest absolute Gasteiger partial charge is 0.311 e. The molecule has 0 aliphatic carbocycles. The van der Waals surface area contributed by atoms with Gasteiger partial charge in [0.2, 0.25) is 0 Å². The number of fused-ring (bicyclic) bond motifs is 1. The summed E-state index contributed by atoms with van der Waals surface area (Å²) in [6.45, 7) is 1.12. The van der Waals surface area contributed by atoms with E-state index >= 15 is 0 Å². The van der Waals surface area contributed by atoms with Crippen LogP contribution in [0.5, 0.6) is 0 Å². The fourth-order valence-electron chi connectivity index (χ4n) is 3.74. The summed E-state index contributed by atoms with van der Waals surface area (Å²) in [6.07, 6.45) is 4.85. The summed E-state index contributed by atoms with van der Waals surface area (Å²) < 4.78 is 0. The molecule has 1 aliphatic heterocycles. The number of carbonyl (C=O) groups is 1. The van der Waals surface area contributed by atoms with Gasteiger partial charge in [0.25, 0.3) is 0 Å². The molecule has 3 aromatic rings. The Labute approximate surface area is 155 Å². The number of benzene rings is 1. The molecule has 1 atom stereocenters. The third-order valence-electron chi connectivity index (χ3n) is 4.96. The number of carboxylic acid groups (broad SMARTS) is 1. The van der Waals surface area contributed by atoms with Gasteiger partial charge in [0.05, 0.1) is 11.7 Å². The molecule has 0 amide bonds. The highest BCUT2D eigenvalue weighted by atomic mass is 35.5. The topological polar surface area (TPSA) is 95.0 Å². The first-order valence-electron chi connectivity index (χ1n) is 8.44. The Bertz CT molecular complexity index is 959. The number of hydrogen-bond acceptors (Lipinski definition) is 5. The van der Waals surface area contributed by atoms with Crippen LogP contribution in [-0.4, -0.2) is 44.1 Å². The molecule has 1 aromatic carbocycles. The zero-order valence-electron chi connectivity index (χ0n) is 14.0. The van der Waals surface area contributed by atoms with Crippen LogP contribution < -0.4 is 4.90 Å². The van der Waals surface area contributed by atoms with E-state index in [0.717, 1.165) is 24.0 Å². The molecule has 8 heteroatoms. The number of hydrogen-bond donors (Lipinski definition) is 2. The molecule has 26 heavy (non-hydrogen) atoms. The van der Waals surface area contributed by atoms with Crippen LogP contribution in [0.1, 0.15) is 18.4 Å². The standard InChI is InChI=1S/C18H18ClN5O2/c19-13-4-1-3-12(7-13)8-18(17(25)26)5-2-6-24(9-18)16-14-15(21-10-20-14)22-11-23-16/h1,3-4,7,10-11H,2,5-6,8-9H2,(H,25,26)(H,20,21,22,23). The Morgan fingerprint density at radius 3 is 3.04 bits per heavy atom. The number of imidazole rings is 1. The Hall–Kier alpha value is -2.67. The van der Waals surface area contributed by atoms with Crippen molar-refractivity contribution in [3.63, 3.8) is 0 Å². The molecule has 1 saturated heterocycles. The predicted octanol–water partition coefficient (Wildman–Crippen LogP) is 2.92. The number of carboxylic acids is 1. The summed E-state index contributed by atoms with van der Waals surface area (Å²) in [4.78, 5) is 30.0. The highest BCUT2D eigenvalue weighted by Crippen LogP contribution is 2.37. The van der Waals surface area contributed by atoms with Crippen molar-refractivity contribution in [2.75, 3.05) is 18.0 Å². The SMILES string of the molecule is O=C(O)C1(Cc2cccc(Cl)c2)CCCN(c2ncnc3nc[nH]c23)C1. The van der Waals surface area contributed by atoms with Crippen molar-refractivity contribution in [3.8, 4) is 0 Å². The fourth-order valence-corrected chi connectivity index (χ4v) is 3.95. The maximum absolute atomic E-state index is 12.2. The number of aromatic amines is 1. The van der Waals surface area contributed by atoms with Crippen LogP contribution in [-0.2, 0) is 11.2 Å². The second-order valence-electron chi connectivity index (χ2n) is 6.72. The number of piperidine rings is 1. The van der Waals surface area contributed by atoms with Crippen molar-refractivity contribution in [2.45, 2.75) is 19.3 Å². The highest BCUT2D eigenvalue weighted by Gasteiger charge is 2.43. The molecule has 1 aliphatic rings. The van der Waals surface area contributed by atoms with Gasteiger partial charge in [-0.3, -0.25) is 4.79 Å². The largest absolute Gasteiger partial charge is 0.481 e. The van der Waals surface area contributed by atoms with Crippen molar-refractivity contribution in [3.05, 3.63) is 47.5 Å². The number of rotatable bonds is 4. The molecule has 0 saturated carbocycles. The van der Waals surface area contributed by atoms with Crippen LogP contribution in [0.4, 0.5) is 5.82 Å². The molecule has 0 radical (unpaired) electrons. The van der Waals surface area contributed by atoms with Crippen LogP contribution in [0, 0.1) is 5.41 Å². The molecule has 3 heterocycles. The van der Waals surface area contributed by atoms with Crippen molar-refractivity contribution < 1.29 is 9.90 Å². The Balaban J connectivity index is 1.68. The third-order valence-corrected chi connectivity index (χ3v) is 5.20. The van der Waals surface area contributed by atoms with Crippen molar-refractivity contribution in [2.24, 2.45) is 5.41 Å². The lowest BCUT2D eigenvalue weighted by Gasteiger charge is -2.40. The van der Waals surface area contributed by atoms with E-state index in [-0.39, 0.29) is 0 Å². The van der Waals surface area contributed by atoms with Gasteiger partial charge in [0.15, 0.2) is 11.5 Å². The van der Waals surface area contributed by atoms with Crippen molar-refractivity contribution >= 4 is 34.6 Å². The maximum atomic E-state index is 12.2. The van der Waals surface area contributed by atoms with E-state index in [1.54, 1.807) is 12.4 Å². The first-order chi connectivity index (χ1) is 12.6. The normalized spacial score (nSPS) is 20.4. The van der Waals surface area contributed by atoms with Crippen LogP contribution in [0.3, 0.4) is 0 Å². The maximum Gasteiger partial charge on any atom is 0.311 e. The summed E-state index contributed by atoms with van der Waals surface area (Å²) in [7, 11) is 0. The number of aliphatic carboxylic acids is 1. The van der Waals surface area contributed by atoms with Gasteiger partial charge in [-0.05, 0) is 37.0 Å². The highest BCUT2D eigenvalue weighted by molar-refractivity contribution is 6.30. The molecular formula is C18H18ClN5O2. The Kier molecular flexibility index (Phi) is 4.24. The van der Waals surface area contributed by atoms with Crippen molar-refractivity contribution in [1.82, 2.24) is 19.9 Å². The first-order valence-corrected chi connectivity index (χ1v) is 8.82. The summed E-state index contributed by atoms with van der Waals surface area (Å²) in [5.74, 6) is -0.0963. The minimum atomic E-state index is -0.889. The molecule has 2 N–H and O–H groups in total. The van der Waals surface area contributed by atoms with Gasteiger partial charge in [-0.15, -0.1) is 0 Å². The van der Waals surface area contributed by atoms with Gasteiger partial charge in [-0.25, -0.2) is 15.0 Å². The summed E-state index contributed by atoms with van der Waals surface area (Å²) in [6, 6.07) is 7.41. The summed E-state index contributed by atoms with van der Waals surface area (Å²) in [5.41, 5.74) is 1.35. The monoisotopic (exact) mass is 371 g/mol. The summed E-state index contributed by atoms with van der Waals surface area (Å²) >= 11 is 6.08. The second-order valence-corrected chi connectivity index (χ2v) is 7.15. The number of aromatic nitrogens is 4. The van der Waals surface area contributed by atoms with E-state index < -0.39 is 11.4 Å². The lowest BCUT2D eigenvalue weighted by Crippen LogP contribution is -2.49. The molecule has 7 nitrogen and oxygen atoms in total. The average molecular weight is 372 g/mol. The molecule has 0 bridgehead atoms. The number of halogens is 1.